The van der Waals surface area contributed by atoms with E-state index in [4.69, 9.17) is 11.5 Å². The summed E-state index contributed by atoms with van der Waals surface area (Å²) in [6.07, 6.45) is 0.349. The minimum absolute atomic E-state index is 0.0738. The topological polar surface area (TPSA) is 98.2 Å². The molecule has 19 heavy (non-hydrogen) atoms. The van der Waals surface area contributed by atoms with Gasteiger partial charge in [0.25, 0.3) is 5.91 Å². The van der Waals surface area contributed by atoms with Crippen molar-refractivity contribution >= 4 is 33.7 Å². The Bertz CT molecular complexity index is 494. The van der Waals surface area contributed by atoms with E-state index in [0.717, 1.165) is 0 Å². The van der Waals surface area contributed by atoms with E-state index < -0.39 is 5.91 Å². The molecular formula is C13H21N3O2S. The first-order valence-electron chi connectivity index (χ1n) is 6.31. The van der Waals surface area contributed by atoms with Crippen LogP contribution in [0.2, 0.25) is 0 Å². The van der Waals surface area contributed by atoms with Crippen LogP contribution in [-0.4, -0.2) is 17.7 Å². The number of nitrogens with one attached hydrogen (secondary N) is 1. The molecular weight excluding hydrogens is 262 g/mol. The summed E-state index contributed by atoms with van der Waals surface area (Å²) in [5.41, 5.74) is 11.7. The monoisotopic (exact) mass is 283 g/mol. The summed E-state index contributed by atoms with van der Waals surface area (Å²) in [6.45, 7) is 7.90. The Morgan fingerprint density at radius 3 is 2.32 bits per heavy atom. The molecule has 5 nitrogen and oxygen atoms in total. The number of anilines is 2. The van der Waals surface area contributed by atoms with Gasteiger partial charge in [-0.05, 0) is 12.8 Å². The number of carbonyl (C=O) groups is 2. The zero-order valence-electron chi connectivity index (χ0n) is 11.7. The molecule has 5 N–H and O–H groups in total. The number of thiophene rings is 1. The molecule has 0 spiro atoms. The van der Waals surface area contributed by atoms with Crippen molar-refractivity contribution in [1.82, 2.24) is 0 Å². The van der Waals surface area contributed by atoms with E-state index in [1.54, 1.807) is 6.92 Å². The Hall–Kier alpha value is -1.56. The average molecular weight is 283 g/mol. The van der Waals surface area contributed by atoms with Crippen LogP contribution in [0.5, 0.6) is 0 Å². The number of nitrogens with two attached hydrogens (primary N) is 2. The first kappa shape index (κ1) is 15.5. The molecule has 106 valence electrons. The zero-order valence-corrected chi connectivity index (χ0v) is 12.6. The standard InChI is InChI=1S/C13H21N3O2S/c1-5-8(17)11-10(14)9(12(15)18)13(19-11)16-7(4)6(2)3/h6-7,16H,5,14H2,1-4H3,(H2,15,18). The molecule has 1 unspecified atom stereocenters. The van der Waals surface area contributed by atoms with E-state index in [0.29, 0.717) is 22.2 Å². The minimum atomic E-state index is -0.609. The molecule has 0 aliphatic carbocycles. The van der Waals surface area contributed by atoms with Gasteiger partial charge in [-0.3, -0.25) is 9.59 Å². The molecule has 0 saturated carbocycles. The van der Waals surface area contributed by atoms with Gasteiger partial charge in [0.15, 0.2) is 5.78 Å². The van der Waals surface area contributed by atoms with Crippen LogP contribution in [0.25, 0.3) is 0 Å². The maximum absolute atomic E-state index is 11.8. The van der Waals surface area contributed by atoms with E-state index in [2.05, 4.69) is 19.2 Å². The van der Waals surface area contributed by atoms with Crippen LogP contribution in [0, 0.1) is 5.92 Å². The largest absolute Gasteiger partial charge is 0.397 e. The van der Waals surface area contributed by atoms with Gasteiger partial charge < -0.3 is 16.8 Å². The molecule has 0 bridgehead atoms. The summed E-state index contributed by atoms with van der Waals surface area (Å²) in [5, 5.41) is 3.80. The number of Topliss-reactive ketones (excluding diaryl/α,β-unsaturated/α-hetero) is 1. The predicted octanol–water partition coefficient (Wildman–Crippen LogP) is 2.48. The zero-order chi connectivity index (χ0) is 14.7. The van der Waals surface area contributed by atoms with E-state index >= 15 is 0 Å². The van der Waals surface area contributed by atoms with Gasteiger partial charge >= 0.3 is 0 Å². The van der Waals surface area contributed by atoms with Crippen LogP contribution < -0.4 is 16.8 Å². The SMILES string of the molecule is CCC(=O)c1sc(NC(C)C(C)C)c(C(N)=O)c1N. The average Bonchev–Trinajstić information content (AvgIpc) is 2.65. The number of amides is 1. The summed E-state index contributed by atoms with van der Waals surface area (Å²) in [5.74, 6) is -0.299. The lowest BCUT2D eigenvalue weighted by Gasteiger charge is -2.18. The first-order chi connectivity index (χ1) is 8.79. The second-order valence-electron chi connectivity index (χ2n) is 4.87. The minimum Gasteiger partial charge on any atom is -0.397 e. The number of nitrogen functional groups attached to an aromatic ring is 1. The second kappa shape index (κ2) is 6.06. The Labute approximate surface area is 117 Å². The lowest BCUT2D eigenvalue weighted by Crippen LogP contribution is -2.23. The smallest absolute Gasteiger partial charge is 0.253 e. The fraction of sp³-hybridized carbons (Fsp3) is 0.538. The summed E-state index contributed by atoms with van der Waals surface area (Å²) < 4.78 is 0. The number of hydrogen-bond acceptors (Lipinski definition) is 5. The van der Waals surface area contributed by atoms with Crippen LogP contribution in [0.1, 0.15) is 54.1 Å². The number of rotatable bonds is 6. The van der Waals surface area contributed by atoms with Gasteiger partial charge in [0.05, 0.1) is 16.1 Å². The molecule has 0 fully saturated rings. The van der Waals surface area contributed by atoms with E-state index in [1.807, 2.05) is 6.92 Å². The molecule has 0 aliphatic heterocycles. The fourth-order valence-corrected chi connectivity index (χ4v) is 2.76. The quantitative estimate of drug-likeness (QED) is 0.698. The Balaban J connectivity index is 3.23. The van der Waals surface area contributed by atoms with Crippen LogP contribution in [0.15, 0.2) is 0 Å². The number of carbonyl (C=O) groups excluding carboxylic acids is 2. The van der Waals surface area contributed by atoms with Crippen molar-refractivity contribution in [3.8, 4) is 0 Å². The van der Waals surface area contributed by atoms with Gasteiger partial charge in [0.1, 0.15) is 5.00 Å². The molecule has 1 aromatic rings. The Morgan fingerprint density at radius 2 is 1.89 bits per heavy atom. The summed E-state index contributed by atoms with van der Waals surface area (Å²) in [4.78, 5) is 23.7. The van der Waals surface area contributed by atoms with Crippen molar-refractivity contribution in [3.05, 3.63) is 10.4 Å². The van der Waals surface area contributed by atoms with Crippen molar-refractivity contribution in [2.24, 2.45) is 11.7 Å². The summed E-state index contributed by atoms with van der Waals surface area (Å²) in [6, 6.07) is 0.153. The first-order valence-corrected chi connectivity index (χ1v) is 7.13. The number of hydrogen-bond donors (Lipinski definition) is 3. The lowest BCUT2D eigenvalue weighted by molar-refractivity contribution is 0.0991. The summed E-state index contributed by atoms with van der Waals surface area (Å²) in [7, 11) is 0. The molecule has 1 atom stereocenters. The lowest BCUT2D eigenvalue weighted by atomic mass is 10.1. The maximum Gasteiger partial charge on any atom is 0.253 e. The molecule has 0 radical (unpaired) electrons. The second-order valence-corrected chi connectivity index (χ2v) is 5.89. The highest BCUT2D eigenvalue weighted by Crippen LogP contribution is 2.37. The van der Waals surface area contributed by atoms with Gasteiger partial charge in [-0.1, -0.05) is 20.8 Å². The predicted molar refractivity (Wildman–Crippen MR) is 79.8 cm³/mol. The molecule has 1 aromatic heterocycles. The highest BCUT2D eigenvalue weighted by Gasteiger charge is 2.24. The summed E-state index contributed by atoms with van der Waals surface area (Å²) >= 11 is 1.21. The third-order valence-electron chi connectivity index (χ3n) is 3.12. The molecule has 0 aromatic carbocycles. The molecule has 0 aliphatic rings. The highest BCUT2D eigenvalue weighted by molar-refractivity contribution is 7.19. The number of primary amides is 1. The Morgan fingerprint density at radius 1 is 1.32 bits per heavy atom. The number of ketones is 1. The van der Waals surface area contributed by atoms with Crippen molar-refractivity contribution in [3.63, 3.8) is 0 Å². The van der Waals surface area contributed by atoms with Gasteiger partial charge in [-0.25, -0.2) is 0 Å². The van der Waals surface area contributed by atoms with Gasteiger partial charge in [0, 0.05) is 12.5 Å². The molecule has 6 heteroatoms. The fourth-order valence-electron chi connectivity index (χ4n) is 1.53. The van der Waals surface area contributed by atoms with Crippen LogP contribution in [0.4, 0.5) is 10.7 Å². The third kappa shape index (κ3) is 3.26. The molecule has 0 saturated heterocycles. The van der Waals surface area contributed by atoms with Crippen LogP contribution in [-0.2, 0) is 0 Å². The van der Waals surface area contributed by atoms with E-state index in [9.17, 15) is 9.59 Å². The van der Waals surface area contributed by atoms with Crippen molar-refractivity contribution in [1.29, 1.82) is 0 Å². The Kier molecular flexibility index (Phi) is 4.94. The highest BCUT2D eigenvalue weighted by atomic mass is 32.1. The van der Waals surface area contributed by atoms with E-state index in [-0.39, 0.29) is 23.1 Å². The van der Waals surface area contributed by atoms with Crippen LogP contribution in [0.3, 0.4) is 0 Å². The van der Waals surface area contributed by atoms with Gasteiger partial charge in [-0.15, -0.1) is 11.3 Å². The van der Waals surface area contributed by atoms with Crippen LogP contribution >= 0.6 is 11.3 Å². The van der Waals surface area contributed by atoms with Gasteiger partial charge in [0.2, 0.25) is 0 Å². The molecule has 1 rings (SSSR count). The van der Waals surface area contributed by atoms with Crippen molar-refractivity contribution in [2.75, 3.05) is 11.1 Å². The maximum atomic E-state index is 11.8. The van der Waals surface area contributed by atoms with Crippen molar-refractivity contribution < 1.29 is 9.59 Å². The normalized spacial score (nSPS) is 12.5. The third-order valence-corrected chi connectivity index (χ3v) is 4.30. The molecule has 1 amide bonds. The molecule has 1 heterocycles. The van der Waals surface area contributed by atoms with Crippen molar-refractivity contribution in [2.45, 2.75) is 40.2 Å². The van der Waals surface area contributed by atoms with E-state index in [1.165, 1.54) is 11.3 Å². The van der Waals surface area contributed by atoms with Gasteiger partial charge in [-0.2, -0.15) is 0 Å².